The van der Waals surface area contributed by atoms with Crippen LogP contribution in [0.25, 0.3) is 0 Å². The summed E-state index contributed by atoms with van der Waals surface area (Å²) in [5.41, 5.74) is 0.241. The molecule has 0 amide bonds. The molecular weight excluding hydrogens is 212 g/mol. The summed E-state index contributed by atoms with van der Waals surface area (Å²) >= 11 is 0. The molecule has 1 unspecified atom stereocenters. The van der Waals surface area contributed by atoms with Gasteiger partial charge in [-0.05, 0) is 24.7 Å². The quantitative estimate of drug-likeness (QED) is 0.680. The molecular formula is C15H24O2. The van der Waals surface area contributed by atoms with Gasteiger partial charge in [-0.15, -0.1) is 0 Å². The predicted octanol–water partition coefficient (Wildman–Crippen LogP) is 3.85. The lowest BCUT2D eigenvalue weighted by atomic mass is 9.68. The first-order valence-electron chi connectivity index (χ1n) is 7.47. The van der Waals surface area contributed by atoms with Crippen molar-refractivity contribution in [3.8, 4) is 0 Å². The molecule has 1 atom stereocenters. The average Bonchev–Trinajstić information content (AvgIpc) is 3.04. The van der Waals surface area contributed by atoms with E-state index in [1.54, 1.807) is 0 Å². The topological polar surface area (TPSA) is 25.1 Å². The van der Waals surface area contributed by atoms with Crippen molar-refractivity contribution in [3.05, 3.63) is 0 Å². The van der Waals surface area contributed by atoms with E-state index in [0.29, 0.717) is 0 Å². The number of ether oxygens (including phenoxy) is 2. The molecule has 2 heterocycles. The van der Waals surface area contributed by atoms with Gasteiger partial charge >= 0.3 is 0 Å². The molecule has 17 heavy (non-hydrogen) atoms. The molecule has 0 N–H and O–H groups in total. The second-order valence-electron chi connectivity index (χ2n) is 7.47. The second-order valence-corrected chi connectivity index (χ2v) is 7.47. The Morgan fingerprint density at radius 1 is 0.941 bits per heavy atom. The van der Waals surface area contributed by atoms with E-state index in [1.165, 1.54) is 51.4 Å². The van der Waals surface area contributed by atoms with Gasteiger partial charge in [0, 0.05) is 11.8 Å². The molecule has 2 saturated carbocycles. The summed E-state index contributed by atoms with van der Waals surface area (Å²) in [5.74, 6) is 1.59. The van der Waals surface area contributed by atoms with Crippen LogP contribution >= 0.6 is 0 Å². The molecule has 0 radical (unpaired) electrons. The molecule has 0 bridgehead atoms. The Bertz CT molecular complexity index is 335. The van der Waals surface area contributed by atoms with Gasteiger partial charge in [0.25, 0.3) is 0 Å². The van der Waals surface area contributed by atoms with Crippen molar-refractivity contribution < 1.29 is 9.47 Å². The Balaban J connectivity index is 1.42. The van der Waals surface area contributed by atoms with Crippen molar-refractivity contribution in [1.82, 2.24) is 0 Å². The lowest BCUT2D eigenvalue weighted by Gasteiger charge is -2.33. The fraction of sp³-hybridized carbons (Fsp3) is 1.00. The van der Waals surface area contributed by atoms with Crippen LogP contribution < -0.4 is 0 Å². The number of rotatable bonds is 2. The molecule has 96 valence electrons. The lowest BCUT2D eigenvalue weighted by Crippen LogP contribution is -2.32. The van der Waals surface area contributed by atoms with Crippen molar-refractivity contribution in [1.29, 1.82) is 0 Å². The standard InChI is InChI=1S/C15H24O2/c1-13(2)9-12(8-11-6-4-3-5-7-11)10-14-15(13,16-14)17-14/h11-12H,3-10H2,1-2H3. The zero-order valence-electron chi connectivity index (χ0n) is 11.1. The highest BCUT2D eigenvalue weighted by atomic mass is 17.0. The Labute approximate surface area is 104 Å². The van der Waals surface area contributed by atoms with E-state index in [9.17, 15) is 0 Å². The van der Waals surface area contributed by atoms with Crippen LogP contribution in [0, 0.1) is 17.3 Å². The maximum Gasteiger partial charge on any atom is 0.234 e. The number of hydrogen-bond donors (Lipinski definition) is 0. The fourth-order valence-electron chi connectivity index (χ4n) is 4.80. The molecule has 2 nitrogen and oxygen atoms in total. The van der Waals surface area contributed by atoms with Gasteiger partial charge in [0.15, 0.2) is 0 Å². The van der Waals surface area contributed by atoms with Crippen LogP contribution in [0.5, 0.6) is 0 Å². The van der Waals surface area contributed by atoms with Gasteiger partial charge < -0.3 is 9.47 Å². The van der Waals surface area contributed by atoms with E-state index < -0.39 is 0 Å². The normalized spacial score (nSPS) is 51.5. The van der Waals surface area contributed by atoms with Gasteiger partial charge in [-0.3, -0.25) is 0 Å². The van der Waals surface area contributed by atoms with Crippen molar-refractivity contribution >= 4 is 0 Å². The summed E-state index contributed by atoms with van der Waals surface area (Å²) in [4.78, 5) is 0. The first-order chi connectivity index (χ1) is 8.07. The van der Waals surface area contributed by atoms with E-state index in [2.05, 4.69) is 13.8 Å². The summed E-state index contributed by atoms with van der Waals surface area (Å²) < 4.78 is 11.7. The predicted molar refractivity (Wildman–Crippen MR) is 65.3 cm³/mol. The van der Waals surface area contributed by atoms with Crippen LogP contribution in [-0.4, -0.2) is 11.6 Å². The van der Waals surface area contributed by atoms with Crippen LogP contribution in [0.3, 0.4) is 0 Å². The third-order valence-electron chi connectivity index (χ3n) is 5.67. The average molecular weight is 236 g/mol. The zero-order valence-corrected chi connectivity index (χ0v) is 11.1. The molecule has 4 fully saturated rings. The van der Waals surface area contributed by atoms with Gasteiger partial charge in [0.05, 0.1) is 0 Å². The van der Waals surface area contributed by atoms with Gasteiger partial charge in [-0.25, -0.2) is 0 Å². The van der Waals surface area contributed by atoms with Crippen molar-refractivity contribution in [3.63, 3.8) is 0 Å². The zero-order chi connectivity index (χ0) is 11.7. The first-order valence-corrected chi connectivity index (χ1v) is 7.47. The number of epoxide rings is 2. The van der Waals surface area contributed by atoms with Gasteiger partial charge in [-0.2, -0.15) is 0 Å². The van der Waals surface area contributed by atoms with Gasteiger partial charge in [0.2, 0.25) is 11.6 Å². The van der Waals surface area contributed by atoms with E-state index in [1.807, 2.05) is 0 Å². The summed E-state index contributed by atoms with van der Waals surface area (Å²) in [5, 5.41) is 0. The Morgan fingerprint density at radius 2 is 1.65 bits per heavy atom. The first kappa shape index (κ1) is 10.8. The van der Waals surface area contributed by atoms with E-state index in [0.717, 1.165) is 11.8 Å². The largest absolute Gasteiger partial charge is 0.306 e. The highest BCUT2D eigenvalue weighted by molar-refractivity contribution is 5.27. The van der Waals surface area contributed by atoms with Crippen LogP contribution in [0.1, 0.15) is 65.2 Å². The van der Waals surface area contributed by atoms with Gasteiger partial charge in [-0.1, -0.05) is 46.0 Å². The molecule has 0 aromatic carbocycles. The molecule has 2 saturated heterocycles. The van der Waals surface area contributed by atoms with Gasteiger partial charge in [0.1, 0.15) is 0 Å². The van der Waals surface area contributed by atoms with Crippen LogP contribution in [-0.2, 0) is 9.47 Å². The third kappa shape index (κ3) is 1.34. The van der Waals surface area contributed by atoms with Crippen molar-refractivity contribution in [2.45, 2.75) is 76.8 Å². The van der Waals surface area contributed by atoms with E-state index in [4.69, 9.17) is 9.47 Å². The molecule has 0 aromatic heterocycles. The minimum absolute atomic E-state index is 0.103. The Kier molecular flexibility index (Phi) is 1.96. The molecule has 2 heteroatoms. The highest BCUT2D eigenvalue weighted by Gasteiger charge is 2.96. The Morgan fingerprint density at radius 3 is 2.29 bits per heavy atom. The minimum Gasteiger partial charge on any atom is -0.306 e. The second kappa shape index (κ2) is 3.08. The lowest BCUT2D eigenvalue weighted by molar-refractivity contribution is -0.127. The van der Waals surface area contributed by atoms with Crippen molar-refractivity contribution in [2.24, 2.45) is 17.3 Å². The number of hydrogen-bond acceptors (Lipinski definition) is 2. The SMILES string of the molecule is CC1(C)CC(CC2CCCCC2)CC23OC12O3. The smallest absolute Gasteiger partial charge is 0.234 e. The monoisotopic (exact) mass is 236 g/mol. The maximum absolute atomic E-state index is 5.85. The fourth-order valence-corrected chi connectivity index (χ4v) is 4.80. The van der Waals surface area contributed by atoms with Crippen LogP contribution in [0.4, 0.5) is 0 Å². The summed E-state index contributed by atoms with van der Waals surface area (Å²) in [6, 6.07) is 0. The molecule has 4 rings (SSSR count). The highest BCUT2D eigenvalue weighted by Crippen LogP contribution is 2.81. The summed E-state index contributed by atoms with van der Waals surface area (Å²) in [6.45, 7) is 4.66. The van der Waals surface area contributed by atoms with Crippen molar-refractivity contribution in [2.75, 3.05) is 0 Å². The third-order valence-corrected chi connectivity index (χ3v) is 5.67. The Hall–Kier alpha value is -0.0800. The van der Waals surface area contributed by atoms with Crippen LogP contribution in [0.2, 0.25) is 0 Å². The van der Waals surface area contributed by atoms with E-state index >= 15 is 0 Å². The maximum atomic E-state index is 5.85. The van der Waals surface area contributed by atoms with Crippen LogP contribution in [0.15, 0.2) is 0 Å². The molecule has 0 spiro atoms. The summed E-state index contributed by atoms with van der Waals surface area (Å²) in [7, 11) is 0. The molecule has 2 aliphatic heterocycles. The summed E-state index contributed by atoms with van der Waals surface area (Å²) in [6.07, 6.45) is 11.2. The molecule has 0 aromatic rings. The van der Waals surface area contributed by atoms with E-state index in [-0.39, 0.29) is 17.0 Å². The molecule has 2 aliphatic carbocycles. The molecule has 4 aliphatic rings. The minimum atomic E-state index is -0.136.